The minimum absolute atomic E-state index is 0.0947. The molecule has 0 amide bonds. The number of ether oxygens (including phenoxy) is 1. The summed E-state index contributed by atoms with van der Waals surface area (Å²) < 4.78 is 5.79. The van der Waals surface area contributed by atoms with E-state index in [0.29, 0.717) is 12.2 Å². The third kappa shape index (κ3) is 3.16. The summed E-state index contributed by atoms with van der Waals surface area (Å²) in [4.78, 5) is 2.51. The summed E-state index contributed by atoms with van der Waals surface area (Å²) >= 11 is 0. The monoisotopic (exact) mass is 213 g/mol. The molecule has 0 saturated carbocycles. The second-order valence-corrected chi connectivity index (χ2v) is 4.92. The minimum atomic E-state index is -0.0947. The minimum Gasteiger partial charge on any atom is -0.393 e. The van der Waals surface area contributed by atoms with Gasteiger partial charge in [0, 0.05) is 13.1 Å². The Morgan fingerprint density at radius 1 is 1.33 bits per heavy atom. The summed E-state index contributed by atoms with van der Waals surface area (Å²) in [6.45, 7) is 5.39. The Kier molecular flexibility index (Phi) is 4.00. The fraction of sp³-hybridized carbons (Fsp3) is 1.00. The smallest absolute Gasteiger partial charge is 0.0707 e. The SMILES string of the molecule is CCC(O)CCCN1CC2CCC(C1)O2. The van der Waals surface area contributed by atoms with Crippen molar-refractivity contribution < 1.29 is 9.84 Å². The second kappa shape index (κ2) is 5.28. The van der Waals surface area contributed by atoms with Crippen LogP contribution in [-0.2, 0) is 4.74 Å². The van der Waals surface area contributed by atoms with Crippen molar-refractivity contribution in [2.24, 2.45) is 0 Å². The highest BCUT2D eigenvalue weighted by Crippen LogP contribution is 2.26. The number of nitrogens with zero attached hydrogens (tertiary/aromatic N) is 1. The van der Waals surface area contributed by atoms with Crippen LogP contribution in [-0.4, -0.2) is 48.0 Å². The molecule has 0 radical (unpaired) electrons. The quantitative estimate of drug-likeness (QED) is 0.749. The Bertz CT molecular complexity index is 186. The van der Waals surface area contributed by atoms with E-state index in [-0.39, 0.29) is 6.10 Å². The van der Waals surface area contributed by atoms with Crippen LogP contribution >= 0.6 is 0 Å². The third-order valence-corrected chi connectivity index (χ3v) is 3.60. The van der Waals surface area contributed by atoms with Crippen LogP contribution in [0.25, 0.3) is 0 Å². The van der Waals surface area contributed by atoms with Crippen molar-refractivity contribution in [3.05, 3.63) is 0 Å². The van der Waals surface area contributed by atoms with Crippen molar-refractivity contribution in [3.63, 3.8) is 0 Å². The molecular formula is C12H23NO2. The van der Waals surface area contributed by atoms with Gasteiger partial charge >= 0.3 is 0 Å². The Labute approximate surface area is 92.4 Å². The number of hydrogen-bond donors (Lipinski definition) is 1. The van der Waals surface area contributed by atoms with E-state index in [1.165, 1.54) is 12.8 Å². The molecule has 0 aromatic heterocycles. The lowest BCUT2D eigenvalue weighted by molar-refractivity contribution is -0.0392. The second-order valence-electron chi connectivity index (χ2n) is 4.92. The molecule has 0 aromatic rings. The molecule has 2 aliphatic rings. The van der Waals surface area contributed by atoms with E-state index in [1.54, 1.807) is 0 Å². The highest BCUT2D eigenvalue weighted by Gasteiger charge is 2.33. The van der Waals surface area contributed by atoms with E-state index in [1.807, 2.05) is 6.92 Å². The van der Waals surface area contributed by atoms with Gasteiger partial charge in [0.25, 0.3) is 0 Å². The molecule has 3 atom stereocenters. The molecule has 0 spiro atoms. The molecular weight excluding hydrogens is 190 g/mol. The summed E-state index contributed by atoms with van der Waals surface area (Å²) in [6.07, 6.45) is 6.35. The van der Waals surface area contributed by atoms with Gasteiger partial charge in [-0.3, -0.25) is 4.90 Å². The van der Waals surface area contributed by atoms with Crippen molar-refractivity contribution in [1.29, 1.82) is 0 Å². The van der Waals surface area contributed by atoms with E-state index in [0.717, 1.165) is 38.9 Å². The Hall–Kier alpha value is -0.120. The number of hydrogen-bond acceptors (Lipinski definition) is 3. The van der Waals surface area contributed by atoms with E-state index >= 15 is 0 Å². The number of aliphatic hydroxyl groups excluding tert-OH is 1. The molecule has 0 aromatic carbocycles. The fourth-order valence-corrected chi connectivity index (χ4v) is 2.64. The first kappa shape index (κ1) is 11.4. The van der Waals surface area contributed by atoms with Gasteiger partial charge in [0.1, 0.15) is 0 Å². The molecule has 3 unspecified atom stereocenters. The van der Waals surface area contributed by atoms with Gasteiger partial charge in [-0.2, -0.15) is 0 Å². The predicted molar refractivity (Wildman–Crippen MR) is 59.9 cm³/mol. The number of likely N-dealkylation sites (tertiary alicyclic amines) is 1. The Morgan fingerprint density at radius 3 is 2.60 bits per heavy atom. The zero-order valence-electron chi connectivity index (χ0n) is 9.69. The molecule has 2 aliphatic heterocycles. The van der Waals surface area contributed by atoms with Crippen LogP contribution in [0.2, 0.25) is 0 Å². The van der Waals surface area contributed by atoms with Gasteiger partial charge in [0.2, 0.25) is 0 Å². The molecule has 2 saturated heterocycles. The van der Waals surface area contributed by atoms with Crippen LogP contribution in [0.1, 0.15) is 39.0 Å². The average Bonchev–Trinajstić information content (AvgIpc) is 2.58. The van der Waals surface area contributed by atoms with Crippen molar-refractivity contribution >= 4 is 0 Å². The Balaban J connectivity index is 1.63. The topological polar surface area (TPSA) is 32.7 Å². The molecule has 1 N–H and O–H groups in total. The van der Waals surface area contributed by atoms with Gasteiger partial charge in [-0.25, -0.2) is 0 Å². The highest BCUT2D eigenvalue weighted by molar-refractivity contribution is 4.84. The Morgan fingerprint density at radius 2 is 2.00 bits per heavy atom. The van der Waals surface area contributed by atoms with Crippen LogP contribution in [0.15, 0.2) is 0 Å². The van der Waals surface area contributed by atoms with Gasteiger partial charge < -0.3 is 9.84 Å². The van der Waals surface area contributed by atoms with Crippen molar-refractivity contribution in [2.75, 3.05) is 19.6 Å². The van der Waals surface area contributed by atoms with Crippen LogP contribution in [0, 0.1) is 0 Å². The summed E-state index contributed by atoms with van der Waals surface area (Å²) in [5.74, 6) is 0. The van der Waals surface area contributed by atoms with Crippen LogP contribution in [0.4, 0.5) is 0 Å². The van der Waals surface area contributed by atoms with Gasteiger partial charge in [-0.05, 0) is 38.6 Å². The van der Waals surface area contributed by atoms with Crippen molar-refractivity contribution in [3.8, 4) is 0 Å². The molecule has 3 heteroatoms. The van der Waals surface area contributed by atoms with Crippen molar-refractivity contribution in [1.82, 2.24) is 4.90 Å². The van der Waals surface area contributed by atoms with Gasteiger partial charge in [0.05, 0.1) is 18.3 Å². The maximum absolute atomic E-state index is 9.46. The van der Waals surface area contributed by atoms with Crippen molar-refractivity contribution in [2.45, 2.75) is 57.3 Å². The average molecular weight is 213 g/mol. The van der Waals surface area contributed by atoms with Gasteiger partial charge in [-0.1, -0.05) is 6.92 Å². The number of aliphatic hydroxyl groups is 1. The zero-order valence-corrected chi connectivity index (χ0v) is 9.69. The first-order valence-corrected chi connectivity index (χ1v) is 6.33. The number of morpholine rings is 1. The maximum atomic E-state index is 9.46. The standard InChI is InChI=1S/C12H23NO2/c1-2-10(14)4-3-7-13-8-11-5-6-12(9-13)15-11/h10-12,14H,2-9H2,1H3. The first-order chi connectivity index (χ1) is 7.28. The molecule has 2 fully saturated rings. The van der Waals surface area contributed by atoms with E-state index < -0.39 is 0 Å². The number of rotatable bonds is 5. The lowest BCUT2D eigenvalue weighted by Gasteiger charge is -2.32. The van der Waals surface area contributed by atoms with E-state index in [2.05, 4.69) is 4.90 Å². The molecule has 15 heavy (non-hydrogen) atoms. The van der Waals surface area contributed by atoms with Gasteiger partial charge in [0.15, 0.2) is 0 Å². The summed E-state index contributed by atoms with van der Waals surface area (Å²) in [7, 11) is 0. The number of fused-ring (bicyclic) bond motifs is 2. The maximum Gasteiger partial charge on any atom is 0.0707 e. The van der Waals surface area contributed by atoms with Crippen LogP contribution in [0.3, 0.4) is 0 Å². The molecule has 2 bridgehead atoms. The summed E-state index contributed by atoms with van der Waals surface area (Å²) in [5.41, 5.74) is 0. The lowest BCUT2D eigenvalue weighted by Crippen LogP contribution is -2.43. The molecule has 2 rings (SSSR count). The largest absolute Gasteiger partial charge is 0.393 e. The third-order valence-electron chi connectivity index (χ3n) is 3.60. The lowest BCUT2D eigenvalue weighted by atomic mass is 10.1. The highest BCUT2D eigenvalue weighted by atomic mass is 16.5. The predicted octanol–water partition coefficient (Wildman–Crippen LogP) is 1.40. The van der Waals surface area contributed by atoms with E-state index in [9.17, 15) is 5.11 Å². The normalized spacial score (nSPS) is 33.2. The summed E-state index contributed by atoms with van der Waals surface area (Å²) in [6, 6.07) is 0. The van der Waals surface area contributed by atoms with E-state index in [4.69, 9.17) is 4.74 Å². The zero-order chi connectivity index (χ0) is 10.7. The molecule has 0 aliphatic carbocycles. The fourth-order valence-electron chi connectivity index (χ4n) is 2.64. The molecule has 88 valence electrons. The molecule has 3 nitrogen and oxygen atoms in total. The van der Waals surface area contributed by atoms with Crippen LogP contribution in [0.5, 0.6) is 0 Å². The first-order valence-electron chi connectivity index (χ1n) is 6.33. The van der Waals surface area contributed by atoms with Crippen LogP contribution < -0.4 is 0 Å². The molecule has 2 heterocycles. The van der Waals surface area contributed by atoms with Gasteiger partial charge in [-0.15, -0.1) is 0 Å². The summed E-state index contributed by atoms with van der Waals surface area (Å²) in [5, 5.41) is 9.46.